The van der Waals surface area contributed by atoms with Crippen LogP contribution in [0.3, 0.4) is 0 Å². The van der Waals surface area contributed by atoms with Crippen LogP contribution in [0.2, 0.25) is 10.0 Å². The molecule has 0 unspecified atom stereocenters. The maximum Gasteiger partial charge on any atom is 0.258 e. The summed E-state index contributed by atoms with van der Waals surface area (Å²) in [5, 5.41) is 9.47. The van der Waals surface area contributed by atoms with Gasteiger partial charge < -0.3 is 25.4 Å². The number of halogens is 2. The van der Waals surface area contributed by atoms with Gasteiger partial charge in [-0.3, -0.25) is 24.2 Å². The summed E-state index contributed by atoms with van der Waals surface area (Å²) in [5.41, 5.74) is 5.73. The van der Waals surface area contributed by atoms with Crippen LogP contribution in [0.5, 0.6) is 11.8 Å². The van der Waals surface area contributed by atoms with Gasteiger partial charge >= 0.3 is 0 Å². The minimum atomic E-state index is -0.343. The number of fused-ring (bicyclic) bond motifs is 1. The summed E-state index contributed by atoms with van der Waals surface area (Å²) in [6.07, 6.45) is 6.39. The molecule has 3 N–H and O–H groups in total. The SMILES string of the molecule is COc1nc(O[C@H]2CCc3c(-c4cccc(C(=O)Nc5ccc(CN6CCC7(CC6)CNC7=O)cn5)c4Cl)cccc32)c(Cl)cc1CN1CCC2(CC1)CNC2=O. The van der Waals surface area contributed by atoms with Crippen LogP contribution in [0.1, 0.15) is 70.8 Å². The van der Waals surface area contributed by atoms with E-state index >= 15 is 0 Å². The third kappa shape index (κ3) is 7.11. The number of amides is 3. The molecule has 6 heterocycles. The Hall–Kier alpha value is -4.75. The third-order valence-corrected chi connectivity index (χ3v) is 13.5. The second-order valence-corrected chi connectivity index (χ2v) is 16.9. The van der Waals surface area contributed by atoms with Crippen molar-refractivity contribution in [2.45, 2.75) is 57.7 Å². The summed E-state index contributed by atoms with van der Waals surface area (Å²) >= 11 is 13.8. The van der Waals surface area contributed by atoms with E-state index in [4.69, 9.17) is 37.7 Å². The van der Waals surface area contributed by atoms with Crippen LogP contribution < -0.4 is 25.4 Å². The molecule has 57 heavy (non-hydrogen) atoms. The zero-order chi connectivity index (χ0) is 39.3. The lowest BCUT2D eigenvalue weighted by Gasteiger charge is -2.46. The zero-order valence-electron chi connectivity index (χ0n) is 31.8. The predicted octanol–water partition coefficient (Wildman–Crippen LogP) is 6.20. The number of benzene rings is 2. The lowest BCUT2D eigenvalue weighted by atomic mass is 9.72. The minimum Gasteiger partial charge on any atom is -0.481 e. The van der Waals surface area contributed by atoms with E-state index in [9.17, 15) is 14.4 Å². The van der Waals surface area contributed by atoms with E-state index in [0.717, 1.165) is 111 Å². The highest BCUT2D eigenvalue weighted by atomic mass is 35.5. The topological polar surface area (TPSA) is 138 Å². The highest BCUT2D eigenvalue weighted by Crippen LogP contribution is 2.44. The van der Waals surface area contributed by atoms with Crippen molar-refractivity contribution in [1.82, 2.24) is 30.4 Å². The number of likely N-dealkylation sites (tertiary alicyclic amines) is 2. The molecule has 2 aromatic heterocycles. The zero-order valence-corrected chi connectivity index (χ0v) is 33.3. The van der Waals surface area contributed by atoms with Crippen molar-refractivity contribution in [3.8, 4) is 22.9 Å². The fourth-order valence-electron chi connectivity index (χ4n) is 9.09. The summed E-state index contributed by atoms with van der Waals surface area (Å²) in [6.45, 7) is 6.31. The number of ether oxygens (including phenoxy) is 2. The Bertz CT molecular complexity index is 2240. The highest BCUT2D eigenvalue weighted by molar-refractivity contribution is 6.37. The number of anilines is 1. The number of piperidine rings is 2. The average Bonchev–Trinajstić information content (AvgIpc) is 3.64. The number of pyridine rings is 2. The van der Waals surface area contributed by atoms with Crippen molar-refractivity contribution < 1.29 is 23.9 Å². The van der Waals surface area contributed by atoms with Gasteiger partial charge in [-0.1, -0.05) is 59.6 Å². The van der Waals surface area contributed by atoms with Crippen molar-refractivity contribution in [3.05, 3.63) is 98.7 Å². The Balaban J connectivity index is 0.851. The second-order valence-electron chi connectivity index (χ2n) is 16.1. The molecule has 2 aromatic carbocycles. The summed E-state index contributed by atoms with van der Waals surface area (Å²) in [6, 6.07) is 17.2. The van der Waals surface area contributed by atoms with Crippen LogP contribution >= 0.6 is 23.2 Å². The smallest absolute Gasteiger partial charge is 0.258 e. The van der Waals surface area contributed by atoms with Crippen molar-refractivity contribution in [2.24, 2.45) is 10.8 Å². The van der Waals surface area contributed by atoms with Crippen molar-refractivity contribution in [2.75, 3.05) is 51.7 Å². The molecule has 12 nitrogen and oxygen atoms in total. The maximum atomic E-state index is 13.6. The number of β-lactam (4-membered cyclic amide) rings is 2. The fraction of sp³-hybridized carbons (Fsp3) is 0.419. The molecule has 9 rings (SSSR count). The standard InChI is InChI=1S/C43H45Cl2N7O5/c1-56-38-27(23-52-18-14-43(15-19-52)25-48-41(43)55)20-33(44)39(50-38)57-34-10-9-29-28(4-2-5-30(29)34)31-6-3-7-32(36(31)45)37(53)49-35-11-8-26(21-46-35)22-51-16-12-42(13-17-51)24-47-40(42)54/h2-8,11,20-21,34H,9-10,12-19,22-25H2,1H3,(H,47,54)(H,48,55)(H,46,49,53)/t34-/m0/s1. The lowest BCUT2D eigenvalue weighted by Crippen LogP contribution is -2.62. The molecular formula is C43H45Cl2N7O5. The first-order chi connectivity index (χ1) is 27.6. The summed E-state index contributed by atoms with van der Waals surface area (Å²) in [4.78, 5) is 51.6. The van der Waals surface area contributed by atoms with E-state index in [1.165, 1.54) is 0 Å². The molecule has 5 aliphatic rings. The maximum absolute atomic E-state index is 13.6. The molecule has 1 atom stereocenters. The normalized spacial score (nSPS) is 20.9. The summed E-state index contributed by atoms with van der Waals surface area (Å²) < 4.78 is 12.2. The molecule has 0 radical (unpaired) electrons. The highest BCUT2D eigenvalue weighted by Gasteiger charge is 2.48. The monoisotopic (exact) mass is 809 g/mol. The molecular weight excluding hydrogens is 765 g/mol. The van der Waals surface area contributed by atoms with Crippen LogP contribution in [0, 0.1) is 10.8 Å². The number of hydrogen-bond donors (Lipinski definition) is 3. The lowest BCUT2D eigenvalue weighted by molar-refractivity contribution is -0.144. The molecule has 296 valence electrons. The van der Waals surface area contributed by atoms with E-state index in [1.807, 2.05) is 42.5 Å². The number of nitrogens with one attached hydrogen (secondary N) is 3. The molecule has 4 fully saturated rings. The summed E-state index contributed by atoms with van der Waals surface area (Å²) in [7, 11) is 1.60. The van der Waals surface area contributed by atoms with Crippen molar-refractivity contribution in [3.63, 3.8) is 0 Å². The Morgan fingerprint density at radius 3 is 2.16 bits per heavy atom. The van der Waals surface area contributed by atoms with Gasteiger partial charge in [0, 0.05) is 43.5 Å². The van der Waals surface area contributed by atoms with Crippen LogP contribution in [0.25, 0.3) is 11.1 Å². The number of hydrogen-bond acceptors (Lipinski definition) is 9. The van der Waals surface area contributed by atoms with Gasteiger partial charge in [-0.15, -0.1) is 0 Å². The van der Waals surface area contributed by atoms with Gasteiger partial charge in [0.1, 0.15) is 16.9 Å². The van der Waals surface area contributed by atoms with E-state index < -0.39 is 0 Å². The Labute approximate surface area is 341 Å². The molecule has 4 aliphatic heterocycles. The van der Waals surface area contributed by atoms with E-state index in [0.29, 0.717) is 46.2 Å². The number of rotatable bonds is 10. The third-order valence-electron chi connectivity index (χ3n) is 12.8. The van der Waals surface area contributed by atoms with Crippen LogP contribution in [-0.4, -0.2) is 83.9 Å². The largest absolute Gasteiger partial charge is 0.481 e. The molecule has 4 saturated heterocycles. The Kier molecular flexibility index (Phi) is 10.1. The van der Waals surface area contributed by atoms with Gasteiger partial charge in [-0.2, -0.15) is 4.98 Å². The van der Waals surface area contributed by atoms with E-state index in [-0.39, 0.29) is 34.7 Å². The van der Waals surface area contributed by atoms with E-state index in [2.05, 4.69) is 36.8 Å². The average molecular weight is 811 g/mol. The Morgan fingerprint density at radius 2 is 1.54 bits per heavy atom. The van der Waals surface area contributed by atoms with Crippen LogP contribution in [-0.2, 0) is 29.1 Å². The van der Waals surface area contributed by atoms with Gasteiger partial charge in [0.25, 0.3) is 5.91 Å². The van der Waals surface area contributed by atoms with Gasteiger partial charge in [0.15, 0.2) is 0 Å². The first-order valence-corrected chi connectivity index (χ1v) is 20.5. The first kappa shape index (κ1) is 37.8. The molecule has 2 spiro atoms. The number of carbonyl (C=O) groups is 3. The molecule has 0 bridgehead atoms. The Morgan fingerprint density at radius 1 is 0.877 bits per heavy atom. The molecule has 3 amide bonds. The van der Waals surface area contributed by atoms with E-state index in [1.54, 1.807) is 19.4 Å². The summed E-state index contributed by atoms with van der Waals surface area (Å²) in [5.74, 6) is 1.24. The number of aromatic nitrogens is 2. The molecule has 4 aromatic rings. The molecule has 1 aliphatic carbocycles. The van der Waals surface area contributed by atoms with Crippen molar-refractivity contribution in [1.29, 1.82) is 0 Å². The van der Waals surface area contributed by atoms with Crippen molar-refractivity contribution >= 4 is 46.7 Å². The molecule has 14 heteroatoms. The predicted molar refractivity (Wildman–Crippen MR) is 216 cm³/mol. The first-order valence-electron chi connectivity index (χ1n) is 19.7. The van der Waals surface area contributed by atoms with Gasteiger partial charge in [0.2, 0.25) is 23.6 Å². The number of methoxy groups -OCH3 is 1. The van der Waals surface area contributed by atoms with Gasteiger partial charge in [-0.25, -0.2) is 4.98 Å². The van der Waals surface area contributed by atoms with Crippen LogP contribution in [0.15, 0.2) is 60.8 Å². The molecule has 0 saturated carbocycles. The minimum absolute atomic E-state index is 0.161. The number of nitrogens with zero attached hydrogens (tertiary/aromatic N) is 4. The number of carbonyl (C=O) groups excluding carboxylic acids is 3. The van der Waals surface area contributed by atoms with Crippen LogP contribution in [0.4, 0.5) is 5.82 Å². The quantitative estimate of drug-likeness (QED) is 0.160. The fourth-order valence-corrected chi connectivity index (χ4v) is 9.62. The van der Waals surface area contributed by atoms with Gasteiger partial charge in [-0.05, 0) is 105 Å². The second kappa shape index (κ2) is 15.2. The van der Waals surface area contributed by atoms with Gasteiger partial charge in [0.05, 0.1) is 28.5 Å².